The van der Waals surface area contributed by atoms with Crippen molar-refractivity contribution in [3.05, 3.63) is 58.1 Å². The molecule has 0 aliphatic carbocycles. The normalized spacial score (nSPS) is 9.91. The molecule has 0 radical (unpaired) electrons. The van der Waals surface area contributed by atoms with Crippen LogP contribution in [0.3, 0.4) is 0 Å². The third kappa shape index (κ3) is 4.00. The van der Waals surface area contributed by atoms with Crippen molar-refractivity contribution in [1.82, 2.24) is 0 Å². The van der Waals surface area contributed by atoms with E-state index in [1.807, 2.05) is 38.1 Å². The molecule has 0 bridgehead atoms. The van der Waals surface area contributed by atoms with Crippen molar-refractivity contribution in [2.75, 3.05) is 11.9 Å². The van der Waals surface area contributed by atoms with E-state index < -0.39 is 0 Å². The van der Waals surface area contributed by atoms with Crippen LogP contribution in [0.15, 0.2) is 36.4 Å². The zero-order valence-corrected chi connectivity index (χ0v) is 13.1. The van der Waals surface area contributed by atoms with Gasteiger partial charge in [0.15, 0.2) is 6.61 Å². The summed E-state index contributed by atoms with van der Waals surface area (Å²) in [7, 11) is 0. The fourth-order valence-electron chi connectivity index (χ4n) is 1.89. The molecule has 2 aromatic carbocycles. The Morgan fingerprint density at radius 3 is 2.73 bits per heavy atom. The molecule has 0 heterocycles. The monoisotopic (exact) mass is 314 g/mol. The summed E-state index contributed by atoms with van der Waals surface area (Å²) in [6.45, 7) is 3.73. The molecule has 0 fully saturated rings. The second-order valence-electron chi connectivity index (χ2n) is 4.91. The van der Waals surface area contributed by atoms with E-state index in [-0.39, 0.29) is 12.5 Å². The molecule has 0 atom stereocenters. The number of nitrogens with zero attached hydrogens (tertiary/aromatic N) is 1. The van der Waals surface area contributed by atoms with Gasteiger partial charge in [-0.2, -0.15) is 5.26 Å². The number of carbonyl (C=O) groups excluding carboxylic acids is 1. The number of nitriles is 1. The van der Waals surface area contributed by atoms with E-state index in [9.17, 15) is 4.79 Å². The highest BCUT2D eigenvalue weighted by Crippen LogP contribution is 2.25. The van der Waals surface area contributed by atoms with Crippen LogP contribution in [0.5, 0.6) is 5.75 Å². The number of benzene rings is 2. The number of hydrogen-bond donors (Lipinski definition) is 1. The Bertz CT molecular complexity index is 751. The summed E-state index contributed by atoms with van der Waals surface area (Å²) < 4.78 is 5.39. The van der Waals surface area contributed by atoms with E-state index in [0.717, 1.165) is 16.8 Å². The Labute approximate surface area is 134 Å². The molecule has 2 rings (SSSR count). The molecule has 112 valence electrons. The molecule has 1 N–H and O–H groups in total. The van der Waals surface area contributed by atoms with Gasteiger partial charge >= 0.3 is 0 Å². The standard InChI is InChI=1S/C17H15ClN2O2/c1-11-3-4-12(2)15(7-11)20-17(21)10-22-16-6-5-13(9-19)8-14(16)18/h3-8H,10H2,1-2H3,(H,20,21). The second kappa shape index (κ2) is 6.97. The summed E-state index contributed by atoms with van der Waals surface area (Å²) in [6.07, 6.45) is 0. The molecular formula is C17H15ClN2O2. The molecule has 1 amide bonds. The Balaban J connectivity index is 1.99. The van der Waals surface area contributed by atoms with Gasteiger partial charge in [0.05, 0.1) is 16.7 Å². The molecule has 0 aliphatic heterocycles. The van der Waals surface area contributed by atoms with Gasteiger partial charge in [0.2, 0.25) is 0 Å². The van der Waals surface area contributed by atoms with Crippen molar-refractivity contribution >= 4 is 23.2 Å². The highest BCUT2D eigenvalue weighted by atomic mass is 35.5. The van der Waals surface area contributed by atoms with Crippen molar-refractivity contribution in [2.45, 2.75) is 13.8 Å². The first-order chi connectivity index (χ1) is 10.5. The van der Waals surface area contributed by atoms with Crippen LogP contribution in [0, 0.1) is 25.2 Å². The third-order valence-electron chi connectivity index (χ3n) is 3.09. The van der Waals surface area contributed by atoms with Crippen molar-refractivity contribution in [2.24, 2.45) is 0 Å². The van der Waals surface area contributed by atoms with E-state index in [4.69, 9.17) is 21.6 Å². The lowest BCUT2D eigenvalue weighted by atomic mass is 10.1. The Hall–Kier alpha value is -2.51. The third-order valence-corrected chi connectivity index (χ3v) is 3.38. The van der Waals surface area contributed by atoms with Crippen LogP contribution >= 0.6 is 11.6 Å². The van der Waals surface area contributed by atoms with E-state index in [1.165, 1.54) is 6.07 Å². The zero-order valence-electron chi connectivity index (χ0n) is 12.3. The first kappa shape index (κ1) is 15.9. The van der Waals surface area contributed by atoms with Crippen molar-refractivity contribution in [3.63, 3.8) is 0 Å². The Morgan fingerprint density at radius 2 is 2.05 bits per heavy atom. The summed E-state index contributed by atoms with van der Waals surface area (Å²) >= 11 is 5.99. The predicted molar refractivity (Wildman–Crippen MR) is 86.2 cm³/mol. The molecule has 0 saturated carbocycles. The summed E-state index contributed by atoms with van der Waals surface area (Å²) in [5.74, 6) is 0.103. The lowest BCUT2D eigenvalue weighted by Gasteiger charge is -2.11. The van der Waals surface area contributed by atoms with E-state index >= 15 is 0 Å². The number of halogens is 1. The number of nitrogens with one attached hydrogen (secondary N) is 1. The first-order valence-corrected chi connectivity index (χ1v) is 7.07. The summed E-state index contributed by atoms with van der Waals surface area (Å²) in [4.78, 5) is 12.0. The van der Waals surface area contributed by atoms with Crippen LogP contribution in [0.2, 0.25) is 5.02 Å². The number of ether oxygens (including phenoxy) is 1. The van der Waals surface area contributed by atoms with E-state index in [1.54, 1.807) is 12.1 Å². The van der Waals surface area contributed by atoms with E-state index in [0.29, 0.717) is 16.3 Å². The number of hydrogen-bond acceptors (Lipinski definition) is 3. The molecule has 4 nitrogen and oxygen atoms in total. The molecule has 0 saturated heterocycles. The number of aryl methyl sites for hydroxylation is 2. The quantitative estimate of drug-likeness (QED) is 0.932. The maximum atomic E-state index is 12.0. The first-order valence-electron chi connectivity index (χ1n) is 6.69. The van der Waals surface area contributed by atoms with Crippen LogP contribution in [-0.2, 0) is 4.79 Å². The van der Waals surface area contributed by atoms with Crippen molar-refractivity contribution in [1.29, 1.82) is 5.26 Å². The van der Waals surface area contributed by atoms with Crippen LogP contribution in [-0.4, -0.2) is 12.5 Å². The second-order valence-corrected chi connectivity index (χ2v) is 5.32. The fourth-order valence-corrected chi connectivity index (χ4v) is 2.12. The van der Waals surface area contributed by atoms with Gasteiger partial charge in [-0.25, -0.2) is 0 Å². The molecule has 0 spiro atoms. The molecule has 5 heteroatoms. The molecular weight excluding hydrogens is 300 g/mol. The molecule has 0 aliphatic rings. The van der Waals surface area contributed by atoms with Gasteiger partial charge in [-0.1, -0.05) is 23.7 Å². The molecule has 0 unspecified atom stereocenters. The van der Waals surface area contributed by atoms with Crippen LogP contribution < -0.4 is 10.1 Å². The Kier molecular flexibility index (Phi) is 5.03. The van der Waals surface area contributed by atoms with Crippen LogP contribution in [0.25, 0.3) is 0 Å². The van der Waals surface area contributed by atoms with Gasteiger partial charge < -0.3 is 10.1 Å². The lowest BCUT2D eigenvalue weighted by molar-refractivity contribution is -0.118. The SMILES string of the molecule is Cc1ccc(C)c(NC(=O)COc2ccc(C#N)cc2Cl)c1. The largest absolute Gasteiger partial charge is 0.482 e. The van der Waals surface area contributed by atoms with Gasteiger partial charge in [0.25, 0.3) is 5.91 Å². The van der Waals surface area contributed by atoms with E-state index in [2.05, 4.69) is 5.32 Å². The van der Waals surface area contributed by atoms with Crippen LogP contribution in [0.1, 0.15) is 16.7 Å². The fraction of sp³-hybridized carbons (Fsp3) is 0.176. The highest BCUT2D eigenvalue weighted by Gasteiger charge is 2.08. The van der Waals surface area contributed by atoms with Crippen molar-refractivity contribution < 1.29 is 9.53 Å². The molecule has 22 heavy (non-hydrogen) atoms. The van der Waals surface area contributed by atoms with Gasteiger partial charge in [-0.3, -0.25) is 4.79 Å². The predicted octanol–water partition coefficient (Wildman–Crippen LogP) is 3.85. The molecule has 2 aromatic rings. The van der Waals surface area contributed by atoms with Crippen LogP contribution in [0.4, 0.5) is 5.69 Å². The highest BCUT2D eigenvalue weighted by molar-refractivity contribution is 6.32. The van der Waals surface area contributed by atoms with Gasteiger partial charge in [0, 0.05) is 5.69 Å². The zero-order chi connectivity index (χ0) is 16.1. The maximum Gasteiger partial charge on any atom is 0.262 e. The van der Waals surface area contributed by atoms with Gasteiger partial charge in [-0.05, 0) is 49.2 Å². The summed E-state index contributed by atoms with van der Waals surface area (Å²) in [6, 6.07) is 12.5. The summed E-state index contributed by atoms with van der Waals surface area (Å²) in [5.41, 5.74) is 3.25. The number of rotatable bonds is 4. The molecule has 0 aromatic heterocycles. The minimum absolute atomic E-state index is 0.154. The number of anilines is 1. The summed E-state index contributed by atoms with van der Waals surface area (Å²) in [5, 5.41) is 11.9. The van der Waals surface area contributed by atoms with Gasteiger partial charge in [-0.15, -0.1) is 0 Å². The minimum atomic E-state index is -0.269. The number of carbonyl (C=O) groups is 1. The maximum absolute atomic E-state index is 12.0. The number of amides is 1. The average molecular weight is 315 g/mol. The van der Waals surface area contributed by atoms with Gasteiger partial charge in [0.1, 0.15) is 5.75 Å². The Morgan fingerprint density at radius 1 is 1.27 bits per heavy atom. The van der Waals surface area contributed by atoms with Crippen molar-refractivity contribution in [3.8, 4) is 11.8 Å². The average Bonchev–Trinajstić information content (AvgIpc) is 2.49. The minimum Gasteiger partial charge on any atom is -0.482 e. The topological polar surface area (TPSA) is 62.1 Å². The lowest BCUT2D eigenvalue weighted by Crippen LogP contribution is -2.20. The smallest absolute Gasteiger partial charge is 0.262 e.